The van der Waals surface area contributed by atoms with Crippen molar-refractivity contribution in [2.24, 2.45) is 17.8 Å². The molecule has 3 amide bonds. The Hall–Kier alpha value is -2.75. The van der Waals surface area contributed by atoms with E-state index in [2.05, 4.69) is 26.6 Å². The number of amides is 3. The van der Waals surface area contributed by atoms with Gasteiger partial charge in [-0.3, -0.25) is 14.4 Å². The van der Waals surface area contributed by atoms with Gasteiger partial charge in [0.15, 0.2) is 0 Å². The highest BCUT2D eigenvalue weighted by molar-refractivity contribution is 9.09. The summed E-state index contributed by atoms with van der Waals surface area (Å²) in [4.78, 5) is 43.2. The lowest BCUT2D eigenvalue weighted by Gasteiger charge is -2.38. The molecule has 0 aliphatic carbocycles. The first kappa shape index (κ1) is 26.8. The standard InChI is InChI=1S/C29H34BrN3O5/c1-15(2)21(14-34)33-25(27(36)32-20-12-16(3)10-11-17(20)4)29-13-19(30)24(38-29)22(23(29)28(33)37)26(35)31-18-8-6-5-7-9-18/h5-12,15,19,21-25,34H,13-14H2,1-4H3,(H,31,35)(H,32,36)/t19?,21-,22+,23-,24+,25?,29?/m0/s1. The Bertz CT molecular complexity index is 1250. The molecule has 0 saturated carbocycles. The van der Waals surface area contributed by atoms with Crippen LogP contribution in [0.25, 0.3) is 0 Å². The van der Waals surface area contributed by atoms with Crippen molar-refractivity contribution in [2.75, 3.05) is 17.2 Å². The molecular formula is C29H34BrN3O5. The maximum atomic E-state index is 14.2. The Morgan fingerprint density at radius 1 is 1.13 bits per heavy atom. The summed E-state index contributed by atoms with van der Waals surface area (Å²) in [7, 11) is 0. The van der Waals surface area contributed by atoms with Crippen LogP contribution in [0, 0.1) is 31.6 Å². The van der Waals surface area contributed by atoms with E-state index < -0.39 is 35.6 Å². The number of benzene rings is 2. The number of aliphatic hydroxyl groups excluding tert-OH is 1. The molecule has 3 unspecified atom stereocenters. The molecule has 0 radical (unpaired) electrons. The second kappa shape index (κ2) is 10.1. The Morgan fingerprint density at radius 3 is 2.50 bits per heavy atom. The average Bonchev–Trinajstić information content (AvgIpc) is 3.46. The van der Waals surface area contributed by atoms with Crippen molar-refractivity contribution < 1.29 is 24.2 Å². The molecule has 3 fully saturated rings. The molecule has 0 aromatic heterocycles. The molecule has 3 saturated heterocycles. The predicted octanol–water partition coefficient (Wildman–Crippen LogP) is 3.65. The summed E-state index contributed by atoms with van der Waals surface area (Å²) < 4.78 is 6.56. The monoisotopic (exact) mass is 583 g/mol. The number of hydrogen-bond acceptors (Lipinski definition) is 5. The number of para-hydroxylation sites is 1. The van der Waals surface area contributed by atoms with Crippen molar-refractivity contribution in [3.8, 4) is 0 Å². The van der Waals surface area contributed by atoms with E-state index in [1.165, 1.54) is 4.90 Å². The minimum Gasteiger partial charge on any atom is -0.394 e. The van der Waals surface area contributed by atoms with Crippen LogP contribution in [0.4, 0.5) is 11.4 Å². The fourth-order valence-corrected chi connectivity index (χ4v) is 7.41. The lowest BCUT2D eigenvalue weighted by Crippen LogP contribution is -2.57. The number of nitrogens with one attached hydrogen (secondary N) is 2. The number of carbonyl (C=O) groups excluding carboxylic acids is 3. The van der Waals surface area contributed by atoms with E-state index in [9.17, 15) is 19.5 Å². The van der Waals surface area contributed by atoms with E-state index in [1.807, 2.05) is 64.1 Å². The average molecular weight is 585 g/mol. The van der Waals surface area contributed by atoms with Crippen LogP contribution in [0.1, 0.15) is 31.4 Å². The molecule has 2 aromatic carbocycles. The van der Waals surface area contributed by atoms with Gasteiger partial charge in [0.25, 0.3) is 0 Å². The van der Waals surface area contributed by atoms with Gasteiger partial charge in [0.2, 0.25) is 17.7 Å². The third-order valence-corrected chi connectivity index (χ3v) is 9.13. The molecule has 3 aliphatic rings. The minimum absolute atomic E-state index is 0.122. The maximum Gasteiger partial charge on any atom is 0.250 e. The Labute approximate surface area is 231 Å². The molecular weight excluding hydrogens is 550 g/mol. The van der Waals surface area contributed by atoms with E-state index in [0.717, 1.165) is 11.1 Å². The summed E-state index contributed by atoms with van der Waals surface area (Å²) in [6.45, 7) is 7.37. The molecule has 8 nitrogen and oxygen atoms in total. The van der Waals surface area contributed by atoms with E-state index in [-0.39, 0.29) is 35.1 Å². The van der Waals surface area contributed by atoms with Crippen molar-refractivity contribution in [3.05, 3.63) is 59.7 Å². The van der Waals surface area contributed by atoms with Crippen LogP contribution in [0.2, 0.25) is 0 Å². The number of anilines is 2. The van der Waals surface area contributed by atoms with Crippen molar-refractivity contribution in [1.82, 2.24) is 4.90 Å². The van der Waals surface area contributed by atoms with Crippen molar-refractivity contribution in [1.29, 1.82) is 0 Å². The topological polar surface area (TPSA) is 108 Å². The normalized spacial score (nSPS) is 30.4. The van der Waals surface area contributed by atoms with E-state index >= 15 is 0 Å². The Kier molecular flexibility index (Phi) is 7.13. The number of nitrogens with zero attached hydrogens (tertiary/aromatic N) is 1. The van der Waals surface area contributed by atoms with Gasteiger partial charge in [-0.1, -0.05) is 60.1 Å². The number of halogens is 1. The van der Waals surface area contributed by atoms with Gasteiger partial charge in [-0.25, -0.2) is 0 Å². The molecule has 3 aliphatic heterocycles. The molecule has 1 spiro atoms. The Balaban J connectivity index is 1.56. The summed E-state index contributed by atoms with van der Waals surface area (Å²) in [6.07, 6.45) is -0.154. The van der Waals surface area contributed by atoms with Gasteiger partial charge in [-0.05, 0) is 55.5 Å². The van der Waals surface area contributed by atoms with Crippen LogP contribution in [0.5, 0.6) is 0 Å². The number of carbonyl (C=O) groups is 3. The number of hydrogen-bond donors (Lipinski definition) is 3. The molecule has 3 heterocycles. The molecule has 3 N–H and O–H groups in total. The third kappa shape index (κ3) is 4.25. The number of rotatable bonds is 7. The first-order chi connectivity index (χ1) is 18.1. The number of aryl methyl sites for hydroxylation is 2. The van der Waals surface area contributed by atoms with Crippen molar-refractivity contribution in [2.45, 2.75) is 62.7 Å². The highest BCUT2D eigenvalue weighted by atomic mass is 79.9. The van der Waals surface area contributed by atoms with Gasteiger partial charge in [-0.2, -0.15) is 0 Å². The zero-order valence-electron chi connectivity index (χ0n) is 22.0. The first-order valence-electron chi connectivity index (χ1n) is 13.1. The summed E-state index contributed by atoms with van der Waals surface area (Å²) in [5.74, 6) is -2.76. The van der Waals surface area contributed by atoms with Crippen LogP contribution in [-0.2, 0) is 19.1 Å². The highest BCUT2D eigenvalue weighted by Crippen LogP contribution is 2.60. The number of aliphatic hydroxyl groups is 1. The lowest BCUT2D eigenvalue weighted by atomic mass is 9.70. The van der Waals surface area contributed by atoms with Crippen molar-refractivity contribution in [3.63, 3.8) is 0 Å². The molecule has 202 valence electrons. The highest BCUT2D eigenvalue weighted by Gasteiger charge is 2.77. The summed E-state index contributed by atoms with van der Waals surface area (Å²) in [5.41, 5.74) is 1.98. The zero-order valence-corrected chi connectivity index (χ0v) is 23.6. The number of alkyl halides is 1. The number of likely N-dealkylation sites (tertiary alicyclic amines) is 1. The quantitative estimate of drug-likeness (QED) is 0.431. The molecule has 2 aromatic rings. The second-order valence-electron chi connectivity index (χ2n) is 11.1. The molecule has 7 atom stereocenters. The van der Waals surface area contributed by atoms with Crippen LogP contribution in [0.3, 0.4) is 0 Å². The van der Waals surface area contributed by atoms with E-state index in [4.69, 9.17) is 4.74 Å². The third-order valence-electron chi connectivity index (χ3n) is 8.28. The fraction of sp³-hybridized carbons (Fsp3) is 0.483. The second-order valence-corrected chi connectivity index (χ2v) is 12.2. The van der Waals surface area contributed by atoms with Gasteiger partial charge in [-0.15, -0.1) is 0 Å². The van der Waals surface area contributed by atoms with E-state index in [1.54, 1.807) is 12.1 Å². The van der Waals surface area contributed by atoms with Gasteiger partial charge in [0.05, 0.1) is 30.6 Å². The number of ether oxygens (including phenoxy) is 1. The van der Waals surface area contributed by atoms with Crippen LogP contribution in [-0.4, -0.2) is 63.0 Å². The maximum absolute atomic E-state index is 14.2. The first-order valence-corrected chi connectivity index (χ1v) is 14.0. The molecule has 9 heteroatoms. The van der Waals surface area contributed by atoms with Crippen LogP contribution < -0.4 is 10.6 Å². The van der Waals surface area contributed by atoms with E-state index in [0.29, 0.717) is 17.8 Å². The number of fused-ring (bicyclic) bond motifs is 1. The van der Waals surface area contributed by atoms with Crippen LogP contribution in [0.15, 0.2) is 48.5 Å². The minimum atomic E-state index is -1.20. The summed E-state index contributed by atoms with van der Waals surface area (Å²) in [6, 6.07) is 13.3. The van der Waals surface area contributed by atoms with Crippen molar-refractivity contribution >= 4 is 45.0 Å². The Morgan fingerprint density at radius 2 is 1.84 bits per heavy atom. The lowest BCUT2D eigenvalue weighted by molar-refractivity contribution is -0.144. The molecule has 38 heavy (non-hydrogen) atoms. The van der Waals surface area contributed by atoms with Gasteiger partial charge in [0.1, 0.15) is 11.6 Å². The molecule has 2 bridgehead atoms. The zero-order chi connectivity index (χ0) is 27.4. The van der Waals surface area contributed by atoms with Gasteiger partial charge in [0, 0.05) is 16.2 Å². The predicted molar refractivity (Wildman–Crippen MR) is 148 cm³/mol. The summed E-state index contributed by atoms with van der Waals surface area (Å²) in [5, 5.41) is 16.3. The fourth-order valence-electron chi connectivity index (χ4n) is 6.46. The largest absolute Gasteiger partial charge is 0.394 e. The molecule has 5 rings (SSSR count). The van der Waals surface area contributed by atoms with Gasteiger partial charge < -0.3 is 25.4 Å². The smallest absolute Gasteiger partial charge is 0.250 e. The van der Waals surface area contributed by atoms with Crippen LogP contribution >= 0.6 is 15.9 Å². The van der Waals surface area contributed by atoms with Gasteiger partial charge >= 0.3 is 0 Å². The SMILES string of the molecule is Cc1ccc(C)c(NC(=O)C2N([C@@H](CO)C(C)C)C(=O)[C@@H]3[C@@H](C(=O)Nc4ccccc4)[C@@H]4OC23CC4Br)c1. The summed E-state index contributed by atoms with van der Waals surface area (Å²) >= 11 is 3.69.